The molecule has 0 aliphatic heterocycles. The predicted octanol–water partition coefficient (Wildman–Crippen LogP) is 3.84. The summed E-state index contributed by atoms with van der Waals surface area (Å²) in [6.45, 7) is 1.98. The molecule has 3 rings (SSSR count). The topological polar surface area (TPSA) is 66.9 Å². The van der Waals surface area contributed by atoms with Crippen molar-refractivity contribution in [2.24, 2.45) is 0 Å². The van der Waals surface area contributed by atoms with Crippen LogP contribution in [0.25, 0.3) is 0 Å². The molecule has 2 N–H and O–H groups in total. The van der Waals surface area contributed by atoms with Crippen LogP contribution in [-0.4, -0.2) is 16.0 Å². The first-order valence-electron chi connectivity index (χ1n) is 7.78. The Morgan fingerprint density at radius 3 is 2.72 bits per heavy atom. The maximum atomic E-state index is 13.7. The number of carbonyl (C=O) groups is 1. The molecule has 2 aromatic heterocycles. The van der Waals surface area contributed by atoms with Gasteiger partial charge in [0.2, 0.25) is 0 Å². The van der Waals surface area contributed by atoms with Crippen LogP contribution in [0.15, 0.2) is 67.1 Å². The van der Waals surface area contributed by atoms with Gasteiger partial charge in [-0.15, -0.1) is 0 Å². The van der Waals surface area contributed by atoms with E-state index in [9.17, 15) is 9.18 Å². The van der Waals surface area contributed by atoms with E-state index in [-0.39, 0.29) is 5.69 Å². The van der Waals surface area contributed by atoms with Gasteiger partial charge in [0.1, 0.15) is 0 Å². The third-order valence-electron chi connectivity index (χ3n) is 3.66. The molecule has 6 heteroatoms. The zero-order valence-corrected chi connectivity index (χ0v) is 13.6. The molecule has 3 aromatic rings. The molecule has 126 valence electrons. The molecule has 0 saturated carbocycles. The van der Waals surface area contributed by atoms with Gasteiger partial charge in [0.25, 0.3) is 0 Å². The van der Waals surface area contributed by atoms with Crippen molar-refractivity contribution in [1.29, 1.82) is 0 Å². The Balaban J connectivity index is 1.85. The quantitative estimate of drug-likeness (QED) is 0.761. The van der Waals surface area contributed by atoms with Crippen molar-refractivity contribution in [3.63, 3.8) is 0 Å². The summed E-state index contributed by atoms with van der Waals surface area (Å²) in [5.41, 5.74) is 2.72. The average Bonchev–Trinajstić information content (AvgIpc) is 2.62. The van der Waals surface area contributed by atoms with Crippen molar-refractivity contribution in [2.75, 3.05) is 5.32 Å². The number of rotatable bonds is 4. The molecule has 25 heavy (non-hydrogen) atoms. The molecule has 0 spiro atoms. The van der Waals surface area contributed by atoms with Crippen LogP contribution in [0.4, 0.5) is 14.9 Å². The fraction of sp³-hybridized carbons (Fsp3) is 0.105. The standard InChI is InChI=1S/C19H17FN4O/c1-13-5-4-6-14(11-13)18(17-7-2-3-9-22-17)24-19(25)23-16-8-10-21-12-15(16)20/h2-12,18H,1H3,(H2,21,23,24,25)/t18-/m0/s1. The Morgan fingerprint density at radius 1 is 1.12 bits per heavy atom. The first-order valence-corrected chi connectivity index (χ1v) is 7.78. The van der Waals surface area contributed by atoms with E-state index < -0.39 is 17.9 Å². The van der Waals surface area contributed by atoms with Crippen LogP contribution in [-0.2, 0) is 0 Å². The maximum absolute atomic E-state index is 13.7. The maximum Gasteiger partial charge on any atom is 0.320 e. The van der Waals surface area contributed by atoms with Gasteiger partial charge in [-0.2, -0.15) is 0 Å². The van der Waals surface area contributed by atoms with Gasteiger partial charge in [0.15, 0.2) is 5.82 Å². The summed E-state index contributed by atoms with van der Waals surface area (Å²) in [6, 6.07) is 13.7. The molecular formula is C19H17FN4O. The minimum absolute atomic E-state index is 0.0662. The fourth-order valence-corrected chi connectivity index (χ4v) is 2.49. The highest BCUT2D eigenvalue weighted by atomic mass is 19.1. The van der Waals surface area contributed by atoms with Crippen LogP contribution in [0.3, 0.4) is 0 Å². The highest BCUT2D eigenvalue weighted by Gasteiger charge is 2.18. The van der Waals surface area contributed by atoms with E-state index in [0.717, 1.165) is 17.3 Å². The molecule has 2 heterocycles. The number of hydrogen-bond donors (Lipinski definition) is 2. The summed E-state index contributed by atoms with van der Waals surface area (Å²) in [5, 5.41) is 5.35. The fourth-order valence-electron chi connectivity index (χ4n) is 2.49. The lowest BCUT2D eigenvalue weighted by Crippen LogP contribution is -2.34. The van der Waals surface area contributed by atoms with Gasteiger partial charge in [-0.25, -0.2) is 9.18 Å². The lowest BCUT2D eigenvalue weighted by molar-refractivity contribution is 0.249. The molecule has 0 unspecified atom stereocenters. The number of nitrogens with one attached hydrogen (secondary N) is 2. The predicted molar refractivity (Wildman–Crippen MR) is 93.6 cm³/mol. The van der Waals surface area contributed by atoms with E-state index in [4.69, 9.17) is 0 Å². The molecule has 5 nitrogen and oxygen atoms in total. The molecule has 0 radical (unpaired) electrons. The van der Waals surface area contributed by atoms with Crippen molar-refractivity contribution in [3.05, 3.63) is 89.8 Å². The number of anilines is 1. The van der Waals surface area contributed by atoms with Crippen LogP contribution in [0.5, 0.6) is 0 Å². The van der Waals surface area contributed by atoms with Gasteiger partial charge in [0.05, 0.1) is 23.6 Å². The molecule has 0 bridgehead atoms. The molecule has 0 aliphatic rings. The van der Waals surface area contributed by atoms with Crippen molar-refractivity contribution >= 4 is 11.7 Å². The molecule has 1 aromatic carbocycles. The second kappa shape index (κ2) is 7.53. The van der Waals surface area contributed by atoms with E-state index in [2.05, 4.69) is 20.6 Å². The Bertz CT molecular complexity index is 870. The van der Waals surface area contributed by atoms with E-state index >= 15 is 0 Å². The van der Waals surface area contributed by atoms with Gasteiger partial charge in [0, 0.05) is 12.4 Å². The Morgan fingerprint density at radius 2 is 2.00 bits per heavy atom. The van der Waals surface area contributed by atoms with Gasteiger partial charge in [-0.1, -0.05) is 35.9 Å². The summed E-state index contributed by atoms with van der Waals surface area (Å²) >= 11 is 0. The number of urea groups is 1. The lowest BCUT2D eigenvalue weighted by Gasteiger charge is -2.19. The molecule has 2 amide bonds. The molecule has 0 fully saturated rings. The summed E-state index contributed by atoms with van der Waals surface area (Å²) in [5.74, 6) is -0.595. The number of hydrogen-bond acceptors (Lipinski definition) is 3. The number of benzene rings is 1. The van der Waals surface area contributed by atoms with Gasteiger partial charge in [-0.3, -0.25) is 9.97 Å². The van der Waals surface area contributed by atoms with Crippen LogP contribution in [0.1, 0.15) is 22.9 Å². The smallest absolute Gasteiger partial charge is 0.320 e. The number of aromatic nitrogens is 2. The number of halogens is 1. The molecule has 1 atom stereocenters. The zero-order valence-electron chi connectivity index (χ0n) is 13.6. The molecular weight excluding hydrogens is 319 g/mol. The monoisotopic (exact) mass is 336 g/mol. The minimum atomic E-state index is -0.595. The number of aryl methyl sites for hydroxylation is 1. The summed E-state index contributed by atoms with van der Waals surface area (Å²) in [4.78, 5) is 20.4. The highest BCUT2D eigenvalue weighted by molar-refractivity contribution is 5.89. The normalized spacial score (nSPS) is 11.6. The first kappa shape index (κ1) is 16.6. The third kappa shape index (κ3) is 4.17. The number of nitrogens with zero attached hydrogens (tertiary/aromatic N) is 2. The van der Waals surface area contributed by atoms with Gasteiger partial charge in [-0.05, 0) is 30.7 Å². The van der Waals surface area contributed by atoms with Crippen molar-refractivity contribution in [3.8, 4) is 0 Å². The summed E-state index contributed by atoms with van der Waals surface area (Å²) in [6.07, 6.45) is 4.13. The van der Waals surface area contributed by atoms with Crippen molar-refractivity contribution < 1.29 is 9.18 Å². The molecule has 0 saturated heterocycles. The number of pyridine rings is 2. The van der Waals surface area contributed by atoms with E-state index in [1.54, 1.807) is 6.20 Å². The zero-order chi connectivity index (χ0) is 17.6. The van der Waals surface area contributed by atoms with E-state index in [0.29, 0.717) is 5.69 Å². The summed E-state index contributed by atoms with van der Waals surface area (Å²) < 4.78 is 13.7. The largest absolute Gasteiger partial charge is 0.325 e. The second-order valence-electron chi connectivity index (χ2n) is 5.56. The Hall–Kier alpha value is -3.28. The Labute approximate surface area is 145 Å². The number of amides is 2. The number of carbonyl (C=O) groups excluding carboxylic acids is 1. The van der Waals surface area contributed by atoms with Gasteiger partial charge >= 0.3 is 6.03 Å². The average molecular weight is 336 g/mol. The first-order chi connectivity index (χ1) is 12.1. The lowest BCUT2D eigenvalue weighted by atomic mass is 10.0. The van der Waals surface area contributed by atoms with Crippen LogP contribution in [0, 0.1) is 12.7 Å². The Kier molecular flexibility index (Phi) is 4.99. The van der Waals surface area contributed by atoms with Crippen LogP contribution < -0.4 is 10.6 Å². The molecule has 0 aliphatic carbocycles. The van der Waals surface area contributed by atoms with Crippen molar-refractivity contribution in [1.82, 2.24) is 15.3 Å². The highest BCUT2D eigenvalue weighted by Crippen LogP contribution is 2.21. The van der Waals surface area contributed by atoms with Crippen LogP contribution in [0.2, 0.25) is 0 Å². The van der Waals surface area contributed by atoms with Crippen molar-refractivity contribution in [2.45, 2.75) is 13.0 Å². The minimum Gasteiger partial charge on any atom is -0.325 e. The van der Waals surface area contributed by atoms with Gasteiger partial charge < -0.3 is 10.6 Å². The SMILES string of the molecule is Cc1cccc([C@H](NC(=O)Nc2ccncc2F)c2ccccn2)c1. The second-order valence-corrected chi connectivity index (χ2v) is 5.56. The third-order valence-corrected chi connectivity index (χ3v) is 3.66. The van der Waals surface area contributed by atoms with E-state index in [1.807, 2.05) is 49.4 Å². The van der Waals surface area contributed by atoms with Crippen LogP contribution >= 0.6 is 0 Å². The summed E-state index contributed by atoms with van der Waals surface area (Å²) in [7, 11) is 0. The van der Waals surface area contributed by atoms with E-state index in [1.165, 1.54) is 12.3 Å².